The van der Waals surface area contributed by atoms with E-state index in [9.17, 15) is 10.1 Å². The van der Waals surface area contributed by atoms with Crippen LogP contribution in [0, 0.1) is 10.1 Å². The average Bonchev–Trinajstić information content (AvgIpc) is 2.34. The molecule has 0 aliphatic carbocycles. The third-order valence-corrected chi connectivity index (χ3v) is 2.94. The quantitative estimate of drug-likeness (QED) is 0.612. The highest BCUT2D eigenvalue weighted by molar-refractivity contribution is 6.33. The second-order valence-corrected chi connectivity index (χ2v) is 4.36. The summed E-state index contributed by atoms with van der Waals surface area (Å²) in [4.78, 5) is 12.1. The van der Waals surface area contributed by atoms with Crippen LogP contribution in [0.4, 0.5) is 11.4 Å². The maximum atomic E-state index is 10.6. The fourth-order valence-electron chi connectivity index (χ4n) is 1.69. The van der Waals surface area contributed by atoms with Gasteiger partial charge in [-0.2, -0.15) is 0 Å². The summed E-state index contributed by atoms with van der Waals surface area (Å²) in [6.07, 6.45) is 2.01. The number of nitro groups is 1. The molecule has 1 aromatic carbocycles. The van der Waals surface area contributed by atoms with Gasteiger partial charge in [0.05, 0.1) is 22.2 Å². The molecule has 0 unspecified atom stereocenters. The number of aliphatic hydroxyl groups is 1. The number of benzene rings is 1. The van der Waals surface area contributed by atoms with Crippen LogP contribution in [0.1, 0.15) is 19.8 Å². The molecule has 1 N–H and O–H groups in total. The zero-order chi connectivity index (χ0) is 13.5. The van der Waals surface area contributed by atoms with Crippen LogP contribution in [-0.2, 0) is 0 Å². The third-order valence-electron chi connectivity index (χ3n) is 2.63. The van der Waals surface area contributed by atoms with Crippen molar-refractivity contribution in [1.29, 1.82) is 0 Å². The highest BCUT2D eigenvalue weighted by Crippen LogP contribution is 2.29. The Labute approximate surface area is 111 Å². The fraction of sp³-hybridized carbons (Fsp3) is 0.500. The number of hydrogen-bond acceptors (Lipinski definition) is 4. The summed E-state index contributed by atoms with van der Waals surface area (Å²) in [5.74, 6) is 0. The van der Waals surface area contributed by atoms with Gasteiger partial charge in [0.25, 0.3) is 5.69 Å². The van der Waals surface area contributed by atoms with Crippen molar-refractivity contribution < 1.29 is 10.0 Å². The maximum absolute atomic E-state index is 10.6. The summed E-state index contributed by atoms with van der Waals surface area (Å²) in [6, 6.07) is 4.40. The lowest BCUT2D eigenvalue weighted by Crippen LogP contribution is -2.27. The SMILES string of the molecule is CCCCN(CCO)c1ccc([N+](=O)[O-])cc1Cl. The van der Waals surface area contributed by atoms with Crippen LogP contribution in [0.3, 0.4) is 0 Å². The molecule has 100 valence electrons. The van der Waals surface area contributed by atoms with Crippen LogP contribution >= 0.6 is 11.6 Å². The van der Waals surface area contributed by atoms with Gasteiger partial charge in [0.15, 0.2) is 0 Å². The number of halogens is 1. The minimum atomic E-state index is -0.474. The number of hydrogen-bond donors (Lipinski definition) is 1. The van der Waals surface area contributed by atoms with E-state index in [4.69, 9.17) is 16.7 Å². The molecule has 0 saturated heterocycles. The van der Waals surface area contributed by atoms with Gasteiger partial charge in [-0.05, 0) is 12.5 Å². The largest absolute Gasteiger partial charge is 0.395 e. The van der Waals surface area contributed by atoms with Gasteiger partial charge in [-0.3, -0.25) is 10.1 Å². The summed E-state index contributed by atoms with van der Waals surface area (Å²) in [5.41, 5.74) is 0.702. The minimum absolute atomic E-state index is 0.0248. The monoisotopic (exact) mass is 272 g/mol. The summed E-state index contributed by atoms with van der Waals surface area (Å²) < 4.78 is 0. The van der Waals surface area contributed by atoms with E-state index in [-0.39, 0.29) is 12.3 Å². The number of rotatable bonds is 7. The van der Waals surface area contributed by atoms with Crippen molar-refractivity contribution >= 4 is 23.0 Å². The topological polar surface area (TPSA) is 66.6 Å². The van der Waals surface area contributed by atoms with Crippen LogP contribution in [-0.4, -0.2) is 29.7 Å². The molecule has 0 bridgehead atoms. The molecule has 5 nitrogen and oxygen atoms in total. The Morgan fingerprint density at radius 2 is 2.17 bits per heavy atom. The van der Waals surface area contributed by atoms with E-state index in [1.807, 2.05) is 4.90 Å². The number of aliphatic hydroxyl groups excluding tert-OH is 1. The van der Waals surface area contributed by atoms with E-state index in [2.05, 4.69) is 6.92 Å². The number of non-ortho nitro benzene ring substituents is 1. The molecule has 0 aliphatic heterocycles. The summed E-state index contributed by atoms with van der Waals surface area (Å²) >= 11 is 6.06. The zero-order valence-corrected chi connectivity index (χ0v) is 11.1. The smallest absolute Gasteiger partial charge is 0.271 e. The molecule has 0 heterocycles. The van der Waals surface area contributed by atoms with Crippen LogP contribution in [0.5, 0.6) is 0 Å². The first-order valence-corrected chi connectivity index (χ1v) is 6.27. The van der Waals surface area contributed by atoms with Crippen molar-refractivity contribution in [2.45, 2.75) is 19.8 Å². The Bertz CT molecular complexity index is 412. The van der Waals surface area contributed by atoms with Gasteiger partial charge in [-0.1, -0.05) is 24.9 Å². The number of nitrogens with zero attached hydrogens (tertiary/aromatic N) is 2. The van der Waals surface area contributed by atoms with Gasteiger partial charge >= 0.3 is 0 Å². The minimum Gasteiger partial charge on any atom is -0.395 e. The highest BCUT2D eigenvalue weighted by atomic mass is 35.5. The number of unbranched alkanes of at least 4 members (excludes halogenated alkanes) is 1. The first-order valence-electron chi connectivity index (χ1n) is 5.90. The Kier molecular flexibility index (Phi) is 5.88. The molecule has 1 aromatic rings. The van der Waals surface area contributed by atoms with E-state index in [1.165, 1.54) is 12.1 Å². The van der Waals surface area contributed by atoms with Gasteiger partial charge in [0.1, 0.15) is 0 Å². The van der Waals surface area contributed by atoms with E-state index in [0.717, 1.165) is 25.1 Å². The van der Waals surface area contributed by atoms with E-state index < -0.39 is 4.92 Å². The Morgan fingerprint density at radius 3 is 2.67 bits per heavy atom. The van der Waals surface area contributed by atoms with Gasteiger partial charge in [-0.15, -0.1) is 0 Å². The molecule has 0 aliphatic rings. The first kappa shape index (κ1) is 14.7. The van der Waals surface area contributed by atoms with Gasteiger partial charge in [0.2, 0.25) is 0 Å². The molecule has 0 aromatic heterocycles. The Balaban J connectivity index is 2.93. The first-order chi connectivity index (χ1) is 8.60. The lowest BCUT2D eigenvalue weighted by atomic mass is 10.2. The molecule has 0 fully saturated rings. The molecular weight excluding hydrogens is 256 g/mol. The van der Waals surface area contributed by atoms with Crippen molar-refractivity contribution in [3.05, 3.63) is 33.3 Å². The zero-order valence-electron chi connectivity index (χ0n) is 10.3. The Hall–Kier alpha value is -1.33. The second kappa shape index (κ2) is 7.18. The van der Waals surface area contributed by atoms with E-state index in [0.29, 0.717) is 11.6 Å². The molecule has 0 radical (unpaired) electrons. The number of nitro benzene ring substituents is 1. The molecule has 0 atom stereocenters. The van der Waals surface area contributed by atoms with E-state index >= 15 is 0 Å². The third kappa shape index (κ3) is 3.85. The molecule has 0 spiro atoms. The van der Waals surface area contributed by atoms with Crippen LogP contribution < -0.4 is 4.90 Å². The van der Waals surface area contributed by atoms with Crippen molar-refractivity contribution in [1.82, 2.24) is 0 Å². The van der Waals surface area contributed by atoms with Gasteiger partial charge in [-0.25, -0.2) is 0 Å². The fourth-order valence-corrected chi connectivity index (χ4v) is 1.98. The number of anilines is 1. The van der Waals surface area contributed by atoms with Gasteiger partial charge < -0.3 is 10.0 Å². The average molecular weight is 273 g/mol. The predicted molar refractivity (Wildman–Crippen MR) is 72.3 cm³/mol. The molecule has 0 saturated carbocycles. The van der Waals surface area contributed by atoms with Crippen molar-refractivity contribution in [2.75, 3.05) is 24.6 Å². The molecule has 6 heteroatoms. The molecule has 1 rings (SSSR count). The van der Waals surface area contributed by atoms with Crippen molar-refractivity contribution in [3.8, 4) is 0 Å². The standard InChI is InChI=1S/C12H17ClN2O3/c1-2-3-6-14(7-8-16)12-5-4-10(15(17)18)9-11(12)13/h4-5,9,16H,2-3,6-8H2,1H3. The van der Waals surface area contributed by atoms with Crippen molar-refractivity contribution in [3.63, 3.8) is 0 Å². The van der Waals surface area contributed by atoms with Crippen molar-refractivity contribution in [2.24, 2.45) is 0 Å². The summed E-state index contributed by atoms with van der Waals surface area (Å²) in [6.45, 7) is 3.34. The normalized spacial score (nSPS) is 10.4. The summed E-state index contributed by atoms with van der Waals surface area (Å²) in [5, 5.41) is 20.0. The second-order valence-electron chi connectivity index (χ2n) is 3.96. The predicted octanol–water partition coefficient (Wildman–Crippen LogP) is 2.85. The van der Waals surface area contributed by atoms with Crippen LogP contribution in [0.25, 0.3) is 0 Å². The van der Waals surface area contributed by atoms with Crippen LogP contribution in [0.2, 0.25) is 5.02 Å². The van der Waals surface area contributed by atoms with E-state index in [1.54, 1.807) is 6.07 Å². The Morgan fingerprint density at radius 1 is 1.44 bits per heavy atom. The molecule has 18 heavy (non-hydrogen) atoms. The lowest BCUT2D eigenvalue weighted by molar-refractivity contribution is -0.384. The molecular formula is C12H17ClN2O3. The highest BCUT2D eigenvalue weighted by Gasteiger charge is 2.14. The van der Waals surface area contributed by atoms with Crippen LogP contribution in [0.15, 0.2) is 18.2 Å². The van der Waals surface area contributed by atoms with Gasteiger partial charge in [0, 0.05) is 25.2 Å². The summed E-state index contributed by atoms with van der Waals surface area (Å²) in [7, 11) is 0. The lowest BCUT2D eigenvalue weighted by Gasteiger charge is -2.24. The molecule has 0 amide bonds. The maximum Gasteiger partial charge on any atom is 0.271 e.